The van der Waals surface area contributed by atoms with E-state index in [1.807, 2.05) is 0 Å². The van der Waals surface area contributed by atoms with Crippen molar-refractivity contribution in [2.24, 2.45) is 0 Å². The van der Waals surface area contributed by atoms with Crippen molar-refractivity contribution < 1.29 is 9.72 Å². The number of nitrogens with one attached hydrogen (secondary N) is 1. The maximum atomic E-state index is 10.7. The van der Waals surface area contributed by atoms with E-state index in [9.17, 15) is 14.9 Å². The predicted molar refractivity (Wildman–Crippen MR) is 52.1 cm³/mol. The molecular formula is C9H7N3O3. The molecule has 0 heterocycles. The van der Waals surface area contributed by atoms with Crippen molar-refractivity contribution in [1.82, 2.24) is 0 Å². The molecule has 1 aromatic carbocycles. The SMILES string of the molecule is CC(=O)Nc1ccc(C#N)c([N+](=O)[O-])c1. The first-order chi connectivity index (χ1) is 7.04. The van der Waals surface area contributed by atoms with E-state index in [0.29, 0.717) is 5.69 Å². The number of benzene rings is 1. The Morgan fingerprint density at radius 3 is 2.73 bits per heavy atom. The number of nitriles is 1. The first kappa shape index (κ1) is 10.7. The molecule has 0 atom stereocenters. The van der Waals surface area contributed by atoms with Gasteiger partial charge in [0.25, 0.3) is 5.69 Å². The molecule has 1 rings (SSSR count). The van der Waals surface area contributed by atoms with Gasteiger partial charge in [-0.1, -0.05) is 0 Å². The zero-order chi connectivity index (χ0) is 11.4. The summed E-state index contributed by atoms with van der Waals surface area (Å²) >= 11 is 0. The van der Waals surface area contributed by atoms with Crippen molar-refractivity contribution in [3.63, 3.8) is 0 Å². The van der Waals surface area contributed by atoms with Gasteiger partial charge in [-0.25, -0.2) is 0 Å². The molecule has 6 heteroatoms. The van der Waals surface area contributed by atoms with Crippen LogP contribution in [0, 0.1) is 21.4 Å². The molecule has 0 aliphatic rings. The van der Waals surface area contributed by atoms with E-state index >= 15 is 0 Å². The van der Waals surface area contributed by atoms with Crippen LogP contribution in [0.5, 0.6) is 0 Å². The lowest BCUT2D eigenvalue weighted by Gasteiger charge is -2.01. The molecule has 15 heavy (non-hydrogen) atoms. The molecule has 0 aliphatic heterocycles. The van der Waals surface area contributed by atoms with Crippen molar-refractivity contribution in [2.45, 2.75) is 6.92 Å². The number of carbonyl (C=O) groups excluding carboxylic acids is 1. The van der Waals surface area contributed by atoms with E-state index in [4.69, 9.17) is 5.26 Å². The van der Waals surface area contributed by atoms with Gasteiger partial charge in [-0.3, -0.25) is 14.9 Å². The van der Waals surface area contributed by atoms with E-state index in [0.717, 1.165) is 6.07 Å². The fraction of sp³-hybridized carbons (Fsp3) is 0.111. The number of nitro groups is 1. The third-order valence-electron chi connectivity index (χ3n) is 1.64. The molecule has 0 aromatic heterocycles. The van der Waals surface area contributed by atoms with E-state index in [1.165, 1.54) is 19.1 Å². The highest BCUT2D eigenvalue weighted by Crippen LogP contribution is 2.22. The zero-order valence-corrected chi connectivity index (χ0v) is 7.85. The Balaban J connectivity index is 3.17. The molecule has 0 saturated carbocycles. The average Bonchev–Trinajstić information content (AvgIpc) is 2.16. The molecule has 76 valence electrons. The van der Waals surface area contributed by atoms with E-state index in [1.54, 1.807) is 6.07 Å². The van der Waals surface area contributed by atoms with Gasteiger partial charge in [-0.15, -0.1) is 0 Å². The molecule has 0 spiro atoms. The summed E-state index contributed by atoms with van der Waals surface area (Å²) in [5.74, 6) is -0.325. The zero-order valence-electron chi connectivity index (χ0n) is 7.85. The molecule has 1 aromatic rings. The quantitative estimate of drug-likeness (QED) is 0.583. The monoisotopic (exact) mass is 205 g/mol. The Morgan fingerprint density at radius 2 is 2.27 bits per heavy atom. The number of anilines is 1. The molecule has 0 radical (unpaired) electrons. The Labute approximate surface area is 85.3 Å². The first-order valence-electron chi connectivity index (χ1n) is 4.00. The lowest BCUT2D eigenvalue weighted by atomic mass is 10.2. The molecule has 0 unspecified atom stereocenters. The summed E-state index contributed by atoms with van der Waals surface area (Å²) in [6, 6.07) is 5.59. The predicted octanol–water partition coefficient (Wildman–Crippen LogP) is 1.42. The Hall–Kier alpha value is -2.42. The first-order valence-corrected chi connectivity index (χ1v) is 4.00. The minimum atomic E-state index is -0.663. The highest BCUT2D eigenvalue weighted by Gasteiger charge is 2.14. The molecule has 0 bridgehead atoms. The van der Waals surface area contributed by atoms with Gasteiger partial charge in [0.15, 0.2) is 0 Å². The van der Waals surface area contributed by atoms with Gasteiger partial charge < -0.3 is 5.32 Å². The summed E-state index contributed by atoms with van der Waals surface area (Å²) in [5, 5.41) is 21.6. The number of nitro benzene ring substituents is 1. The summed E-state index contributed by atoms with van der Waals surface area (Å²) in [6.07, 6.45) is 0. The van der Waals surface area contributed by atoms with E-state index in [2.05, 4.69) is 5.32 Å². The normalized spacial score (nSPS) is 9.07. The van der Waals surface area contributed by atoms with Crippen LogP contribution >= 0.6 is 0 Å². The van der Waals surface area contributed by atoms with E-state index < -0.39 is 4.92 Å². The molecule has 1 amide bonds. The van der Waals surface area contributed by atoms with Crippen LogP contribution in [-0.4, -0.2) is 10.8 Å². The van der Waals surface area contributed by atoms with Crippen LogP contribution in [0.25, 0.3) is 0 Å². The molecule has 0 saturated heterocycles. The van der Waals surface area contributed by atoms with Crippen LogP contribution in [-0.2, 0) is 4.79 Å². The topological polar surface area (TPSA) is 96.0 Å². The molecular weight excluding hydrogens is 198 g/mol. The maximum absolute atomic E-state index is 10.7. The van der Waals surface area contributed by atoms with Gasteiger partial charge in [-0.05, 0) is 12.1 Å². The van der Waals surface area contributed by atoms with Gasteiger partial charge in [-0.2, -0.15) is 5.26 Å². The number of hydrogen-bond donors (Lipinski definition) is 1. The fourth-order valence-corrected chi connectivity index (χ4v) is 1.06. The van der Waals surface area contributed by atoms with Crippen LogP contribution in [0.1, 0.15) is 12.5 Å². The minimum Gasteiger partial charge on any atom is -0.326 e. The van der Waals surface area contributed by atoms with Gasteiger partial charge in [0.2, 0.25) is 5.91 Å². The van der Waals surface area contributed by atoms with Crippen molar-refractivity contribution >= 4 is 17.3 Å². The summed E-state index contributed by atoms with van der Waals surface area (Å²) in [7, 11) is 0. The number of carbonyl (C=O) groups is 1. The third kappa shape index (κ3) is 2.51. The summed E-state index contributed by atoms with van der Waals surface area (Å²) < 4.78 is 0. The Morgan fingerprint density at radius 1 is 1.60 bits per heavy atom. The lowest BCUT2D eigenvalue weighted by molar-refractivity contribution is -0.385. The van der Waals surface area contributed by atoms with Gasteiger partial charge in [0.1, 0.15) is 11.6 Å². The van der Waals surface area contributed by atoms with Crippen LogP contribution in [0.2, 0.25) is 0 Å². The maximum Gasteiger partial charge on any atom is 0.289 e. The molecule has 0 aliphatic carbocycles. The third-order valence-corrected chi connectivity index (χ3v) is 1.64. The van der Waals surface area contributed by atoms with Crippen molar-refractivity contribution in [1.29, 1.82) is 5.26 Å². The van der Waals surface area contributed by atoms with Crippen molar-refractivity contribution in [3.8, 4) is 6.07 Å². The highest BCUT2D eigenvalue weighted by molar-refractivity contribution is 5.89. The van der Waals surface area contributed by atoms with Gasteiger partial charge >= 0.3 is 0 Å². The van der Waals surface area contributed by atoms with Gasteiger partial charge in [0, 0.05) is 18.7 Å². The summed E-state index contributed by atoms with van der Waals surface area (Å²) in [6.45, 7) is 1.30. The fourth-order valence-electron chi connectivity index (χ4n) is 1.06. The summed E-state index contributed by atoms with van der Waals surface area (Å²) in [4.78, 5) is 20.6. The van der Waals surface area contributed by atoms with Crippen LogP contribution in [0.4, 0.5) is 11.4 Å². The van der Waals surface area contributed by atoms with Crippen LogP contribution in [0.15, 0.2) is 18.2 Å². The van der Waals surface area contributed by atoms with Gasteiger partial charge in [0.05, 0.1) is 4.92 Å². The summed E-state index contributed by atoms with van der Waals surface area (Å²) in [5.41, 5.74) is -0.0500. The average molecular weight is 205 g/mol. The standard InChI is InChI=1S/C9H7N3O3/c1-6(13)11-8-3-2-7(5-10)9(4-8)12(14)15/h2-4H,1H3,(H,11,13). The second kappa shape index (κ2) is 4.19. The van der Waals surface area contributed by atoms with Crippen molar-refractivity contribution in [2.75, 3.05) is 5.32 Å². The van der Waals surface area contributed by atoms with Crippen molar-refractivity contribution in [3.05, 3.63) is 33.9 Å². The lowest BCUT2D eigenvalue weighted by Crippen LogP contribution is -2.06. The van der Waals surface area contributed by atoms with E-state index in [-0.39, 0.29) is 17.2 Å². The second-order valence-electron chi connectivity index (χ2n) is 2.78. The number of rotatable bonds is 2. The Kier molecular flexibility index (Phi) is 2.98. The molecule has 1 N–H and O–H groups in total. The smallest absolute Gasteiger partial charge is 0.289 e. The largest absolute Gasteiger partial charge is 0.326 e. The van der Waals surface area contributed by atoms with Crippen LogP contribution in [0.3, 0.4) is 0 Å². The minimum absolute atomic E-state index is 0.0332. The van der Waals surface area contributed by atoms with Crippen LogP contribution < -0.4 is 5.32 Å². The Bertz CT molecular complexity index is 462. The number of nitrogens with zero attached hydrogens (tertiary/aromatic N) is 2. The second-order valence-corrected chi connectivity index (χ2v) is 2.78. The molecule has 0 fully saturated rings. The number of hydrogen-bond acceptors (Lipinski definition) is 4. The highest BCUT2D eigenvalue weighted by atomic mass is 16.6. The number of amides is 1. The molecule has 6 nitrogen and oxygen atoms in total.